The van der Waals surface area contributed by atoms with Gasteiger partial charge in [0, 0.05) is 5.56 Å². The number of Topliss-reactive ketones (excluding diaryl/α,β-unsaturated/α-hetero) is 1. The van der Waals surface area contributed by atoms with Crippen molar-refractivity contribution in [1.29, 1.82) is 0 Å². The number of carbonyl (C=O) groups is 1. The van der Waals surface area contributed by atoms with Crippen LogP contribution in [0.2, 0.25) is 0 Å². The summed E-state index contributed by atoms with van der Waals surface area (Å²) in [6.07, 6.45) is 0. The Kier molecular flexibility index (Phi) is 2.56. The monoisotopic (exact) mass is 179 g/mol. The van der Waals surface area contributed by atoms with Crippen LogP contribution in [0, 0.1) is 6.92 Å². The average molecular weight is 179 g/mol. The summed E-state index contributed by atoms with van der Waals surface area (Å²) in [5.41, 5.74) is 7.70. The second-order valence-corrected chi connectivity index (χ2v) is 2.97. The third-order valence-electron chi connectivity index (χ3n) is 1.96. The van der Waals surface area contributed by atoms with E-state index in [0.717, 1.165) is 5.56 Å². The van der Waals surface area contributed by atoms with Crippen molar-refractivity contribution in [3.8, 4) is 5.75 Å². The van der Waals surface area contributed by atoms with E-state index in [4.69, 9.17) is 10.5 Å². The molecule has 1 aromatic rings. The van der Waals surface area contributed by atoms with E-state index in [9.17, 15) is 4.79 Å². The molecule has 3 heteroatoms. The van der Waals surface area contributed by atoms with Gasteiger partial charge in [-0.05, 0) is 31.5 Å². The van der Waals surface area contributed by atoms with E-state index >= 15 is 0 Å². The lowest BCUT2D eigenvalue weighted by molar-refractivity contribution is 0.101. The molecule has 0 unspecified atom stereocenters. The number of methoxy groups -OCH3 is 1. The highest BCUT2D eigenvalue weighted by Crippen LogP contribution is 2.25. The van der Waals surface area contributed by atoms with Crippen molar-refractivity contribution in [3.63, 3.8) is 0 Å². The maximum Gasteiger partial charge on any atom is 0.160 e. The summed E-state index contributed by atoms with van der Waals surface area (Å²) in [7, 11) is 1.55. The van der Waals surface area contributed by atoms with Crippen LogP contribution in [-0.4, -0.2) is 12.9 Å². The average Bonchev–Trinajstić information content (AvgIpc) is 2.07. The van der Waals surface area contributed by atoms with Crippen molar-refractivity contribution in [1.82, 2.24) is 0 Å². The summed E-state index contributed by atoms with van der Waals surface area (Å²) in [5, 5.41) is 0. The first-order chi connectivity index (χ1) is 6.06. The number of hydrogen-bond donors (Lipinski definition) is 1. The van der Waals surface area contributed by atoms with Crippen LogP contribution in [0.1, 0.15) is 22.8 Å². The zero-order valence-electron chi connectivity index (χ0n) is 8.05. The minimum absolute atomic E-state index is 0.0202. The van der Waals surface area contributed by atoms with Gasteiger partial charge in [-0.25, -0.2) is 0 Å². The van der Waals surface area contributed by atoms with Crippen LogP contribution in [0.3, 0.4) is 0 Å². The van der Waals surface area contributed by atoms with Gasteiger partial charge < -0.3 is 10.5 Å². The van der Waals surface area contributed by atoms with E-state index in [2.05, 4.69) is 0 Å². The van der Waals surface area contributed by atoms with Gasteiger partial charge in [0.25, 0.3) is 0 Å². The molecule has 1 aromatic carbocycles. The summed E-state index contributed by atoms with van der Waals surface area (Å²) >= 11 is 0. The van der Waals surface area contributed by atoms with Crippen LogP contribution < -0.4 is 10.5 Å². The van der Waals surface area contributed by atoms with E-state index in [1.54, 1.807) is 19.2 Å². The number of nitrogen functional groups attached to an aromatic ring is 1. The van der Waals surface area contributed by atoms with Gasteiger partial charge >= 0.3 is 0 Å². The van der Waals surface area contributed by atoms with Gasteiger partial charge in [0.2, 0.25) is 0 Å². The highest BCUT2D eigenvalue weighted by Gasteiger charge is 2.08. The Labute approximate surface area is 77.5 Å². The number of aryl methyl sites for hydroxylation is 1. The highest BCUT2D eigenvalue weighted by molar-refractivity contribution is 5.96. The van der Waals surface area contributed by atoms with Crippen LogP contribution in [-0.2, 0) is 0 Å². The zero-order valence-corrected chi connectivity index (χ0v) is 8.05. The summed E-state index contributed by atoms with van der Waals surface area (Å²) in [6, 6.07) is 3.42. The number of nitrogens with two attached hydrogens (primary N) is 1. The molecule has 0 heterocycles. The van der Waals surface area contributed by atoms with Gasteiger partial charge in [-0.2, -0.15) is 0 Å². The van der Waals surface area contributed by atoms with Crippen LogP contribution in [0.4, 0.5) is 5.69 Å². The smallest absolute Gasteiger partial charge is 0.160 e. The molecule has 1 rings (SSSR count). The van der Waals surface area contributed by atoms with Crippen molar-refractivity contribution in [2.75, 3.05) is 12.8 Å². The van der Waals surface area contributed by atoms with Crippen molar-refractivity contribution in [3.05, 3.63) is 23.3 Å². The topological polar surface area (TPSA) is 52.3 Å². The van der Waals surface area contributed by atoms with E-state index in [1.165, 1.54) is 6.92 Å². The fraction of sp³-hybridized carbons (Fsp3) is 0.300. The summed E-state index contributed by atoms with van der Waals surface area (Å²) in [5.74, 6) is 0.634. The summed E-state index contributed by atoms with van der Waals surface area (Å²) in [6.45, 7) is 3.38. The van der Waals surface area contributed by atoms with Crippen LogP contribution >= 0.6 is 0 Å². The molecule has 0 aliphatic heterocycles. The third kappa shape index (κ3) is 1.80. The Morgan fingerprint density at radius 3 is 2.54 bits per heavy atom. The maximum absolute atomic E-state index is 11.1. The van der Waals surface area contributed by atoms with Gasteiger partial charge in [0.05, 0.1) is 12.8 Å². The molecule has 0 saturated carbocycles. The molecule has 0 saturated heterocycles. The summed E-state index contributed by atoms with van der Waals surface area (Å²) in [4.78, 5) is 11.1. The quantitative estimate of drug-likeness (QED) is 0.556. The van der Waals surface area contributed by atoms with E-state index in [0.29, 0.717) is 17.0 Å². The predicted octanol–water partition coefficient (Wildman–Crippen LogP) is 1.79. The van der Waals surface area contributed by atoms with Gasteiger partial charge in [0.15, 0.2) is 5.78 Å². The highest BCUT2D eigenvalue weighted by atomic mass is 16.5. The molecule has 13 heavy (non-hydrogen) atoms. The van der Waals surface area contributed by atoms with Crippen molar-refractivity contribution < 1.29 is 9.53 Å². The number of anilines is 1. The second-order valence-electron chi connectivity index (χ2n) is 2.97. The summed E-state index contributed by atoms with van der Waals surface area (Å²) < 4.78 is 5.02. The number of hydrogen-bond acceptors (Lipinski definition) is 3. The largest absolute Gasteiger partial charge is 0.495 e. The van der Waals surface area contributed by atoms with Gasteiger partial charge in [-0.1, -0.05) is 0 Å². The number of benzene rings is 1. The van der Waals surface area contributed by atoms with Crippen molar-refractivity contribution in [2.24, 2.45) is 0 Å². The van der Waals surface area contributed by atoms with E-state index < -0.39 is 0 Å². The van der Waals surface area contributed by atoms with E-state index in [-0.39, 0.29) is 5.78 Å². The number of ketones is 1. The van der Waals surface area contributed by atoms with Crippen LogP contribution in [0.15, 0.2) is 12.1 Å². The molecule has 0 fully saturated rings. The standard InChI is InChI=1S/C10H13NO2/c1-6-4-10(13-3)9(11)5-8(6)7(2)12/h4-5H,11H2,1-3H3. The molecule has 3 nitrogen and oxygen atoms in total. The van der Waals surface area contributed by atoms with Crippen LogP contribution in [0.5, 0.6) is 5.75 Å². The molecule has 0 radical (unpaired) electrons. The molecule has 0 aliphatic carbocycles. The Morgan fingerprint density at radius 1 is 1.46 bits per heavy atom. The fourth-order valence-electron chi connectivity index (χ4n) is 1.25. The van der Waals surface area contributed by atoms with Crippen molar-refractivity contribution >= 4 is 11.5 Å². The first-order valence-electron chi connectivity index (χ1n) is 4.01. The number of ether oxygens (including phenoxy) is 1. The van der Waals surface area contributed by atoms with Gasteiger partial charge in [-0.3, -0.25) is 4.79 Å². The Morgan fingerprint density at radius 2 is 2.08 bits per heavy atom. The lowest BCUT2D eigenvalue weighted by Crippen LogP contribution is -2.00. The van der Waals surface area contributed by atoms with Gasteiger partial charge in [0.1, 0.15) is 5.75 Å². The van der Waals surface area contributed by atoms with Crippen LogP contribution in [0.25, 0.3) is 0 Å². The maximum atomic E-state index is 11.1. The molecular weight excluding hydrogens is 166 g/mol. The molecule has 2 N–H and O–H groups in total. The Balaban J connectivity index is 3.28. The molecule has 0 aliphatic rings. The minimum atomic E-state index is 0.0202. The number of rotatable bonds is 2. The normalized spacial score (nSPS) is 9.77. The van der Waals surface area contributed by atoms with Gasteiger partial charge in [-0.15, -0.1) is 0 Å². The molecule has 0 aromatic heterocycles. The van der Waals surface area contributed by atoms with E-state index in [1.807, 2.05) is 6.92 Å². The molecule has 0 amide bonds. The molecule has 0 spiro atoms. The SMILES string of the molecule is COc1cc(C)c(C(C)=O)cc1N. The van der Waals surface area contributed by atoms with Crippen molar-refractivity contribution in [2.45, 2.75) is 13.8 Å². The lowest BCUT2D eigenvalue weighted by atomic mass is 10.0. The minimum Gasteiger partial charge on any atom is -0.495 e. The number of carbonyl (C=O) groups excluding carboxylic acids is 1. The molecular formula is C10H13NO2. The first-order valence-corrected chi connectivity index (χ1v) is 4.01. The predicted molar refractivity (Wildman–Crippen MR) is 52.1 cm³/mol. The second kappa shape index (κ2) is 3.47. The molecule has 70 valence electrons. The molecule has 0 atom stereocenters. The first kappa shape index (κ1) is 9.58. The fourth-order valence-corrected chi connectivity index (χ4v) is 1.25. The Bertz CT molecular complexity index is 345. The lowest BCUT2D eigenvalue weighted by Gasteiger charge is -2.08. The Hall–Kier alpha value is -1.51. The third-order valence-corrected chi connectivity index (χ3v) is 1.96. The zero-order chi connectivity index (χ0) is 10.0. The molecule has 0 bridgehead atoms.